The van der Waals surface area contributed by atoms with Crippen molar-refractivity contribution in [2.75, 3.05) is 0 Å². The third-order valence-electron chi connectivity index (χ3n) is 1.28. The van der Waals surface area contributed by atoms with E-state index in [0.29, 0.717) is 10.6 Å². The van der Waals surface area contributed by atoms with E-state index >= 15 is 0 Å². The molecule has 0 saturated heterocycles. The maximum atomic E-state index is 10.7. The topological polar surface area (TPSA) is 68.9 Å². The molecule has 0 aliphatic rings. The summed E-state index contributed by atoms with van der Waals surface area (Å²) in [6.07, 6.45) is 0. The zero-order chi connectivity index (χ0) is 8.43. The zero-order valence-electron chi connectivity index (χ0n) is 6.37. The van der Waals surface area contributed by atoms with Crippen LogP contribution in [0.1, 0.15) is 35.1 Å². The number of aromatic nitrogens is 2. The minimum absolute atomic E-state index is 0.205. The van der Waals surface area contributed by atoms with Crippen LogP contribution in [0.2, 0.25) is 0 Å². The number of carbonyl (C=O) groups is 1. The third-order valence-corrected chi connectivity index (χ3v) is 2.04. The van der Waals surface area contributed by atoms with Crippen molar-refractivity contribution in [3.8, 4) is 0 Å². The largest absolute Gasteiger partial charge is 0.365 e. The van der Waals surface area contributed by atoms with E-state index in [4.69, 9.17) is 5.73 Å². The van der Waals surface area contributed by atoms with Crippen molar-refractivity contribution in [2.24, 2.45) is 5.73 Å². The van der Waals surface area contributed by atoms with Crippen LogP contribution in [0.15, 0.2) is 0 Å². The van der Waals surface area contributed by atoms with Crippen LogP contribution in [0.25, 0.3) is 0 Å². The van der Waals surface area contributed by atoms with Gasteiger partial charge in [0.15, 0.2) is 0 Å². The Kier molecular flexibility index (Phi) is 2.19. The lowest BCUT2D eigenvalue weighted by Gasteiger charge is -1.98. The molecule has 4 nitrogen and oxygen atoms in total. The number of nitrogens with zero attached hydrogens (tertiary/aromatic N) is 2. The lowest BCUT2D eigenvalue weighted by molar-refractivity contribution is 0.100. The molecule has 0 atom stereocenters. The Labute approximate surface area is 68.6 Å². The van der Waals surface area contributed by atoms with E-state index in [9.17, 15) is 4.79 Å². The summed E-state index contributed by atoms with van der Waals surface area (Å²) in [5.41, 5.74) is 5.79. The standard InChI is InChI=1S/C6H9N3OS/c1-3(2)4-5(6(7)10)11-9-8-4/h3H,1-2H3,(H2,7,10). The van der Waals surface area contributed by atoms with Crippen LogP contribution in [-0.2, 0) is 0 Å². The van der Waals surface area contributed by atoms with Crippen LogP contribution in [-0.4, -0.2) is 15.5 Å². The van der Waals surface area contributed by atoms with Gasteiger partial charge < -0.3 is 5.73 Å². The van der Waals surface area contributed by atoms with Gasteiger partial charge in [-0.25, -0.2) is 0 Å². The van der Waals surface area contributed by atoms with Crippen LogP contribution in [0.5, 0.6) is 0 Å². The van der Waals surface area contributed by atoms with Crippen molar-refractivity contribution in [1.29, 1.82) is 0 Å². The summed E-state index contributed by atoms with van der Waals surface area (Å²) >= 11 is 1.05. The first-order chi connectivity index (χ1) is 5.13. The van der Waals surface area contributed by atoms with Crippen molar-refractivity contribution in [1.82, 2.24) is 9.59 Å². The molecule has 1 rings (SSSR count). The smallest absolute Gasteiger partial charge is 0.262 e. The van der Waals surface area contributed by atoms with Gasteiger partial charge >= 0.3 is 0 Å². The number of primary amides is 1. The number of nitrogens with two attached hydrogens (primary N) is 1. The summed E-state index contributed by atoms with van der Waals surface area (Å²) in [7, 11) is 0. The van der Waals surface area contributed by atoms with Crippen LogP contribution < -0.4 is 5.73 Å². The van der Waals surface area contributed by atoms with E-state index in [0.717, 1.165) is 11.5 Å². The zero-order valence-corrected chi connectivity index (χ0v) is 7.18. The van der Waals surface area contributed by atoms with Gasteiger partial charge in [-0.15, -0.1) is 5.10 Å². The second-order valence-electron chi connectivity index (χ2n) is 2.51. The molecule has 0 spiro atoms. The van der Waals surface area contributed by atoms with Gasteiger partial charge in [0.1, 0.15) is 4.88 Å². The van der Waals surface area contributed by atoms with E-state index in [1.807, 2.05) is 13.8 Å². The predicted molar refractivity (Wildman–Crippen MR) is 42.5 cm³/mol. The molecule has 0 fully saturated rings. The molecule has 0 bridgehead atoms. The fraction of sp³-hybridized carbons (Fsp3) is 0.500. The lowest BCUT2D eigenvalue weighted by atomic mass is 10.1. The summed E-state index contributed by atoms with van der Waals surface area (Å²) in [4.78, 5) is 11.2. The molecule has 1 heterocycles. The second kappa shape index (κ2) is 2.96. The molecule has 1 aromatic heterocycles. The predicted octanol–water partition coefficient (Wildman–Crippen LogP) is 0.760. The Morgan fingerprint density at radius 3 is 2.64 bits per heavy atom. The molecule has 0 saturated carbocycles. The monoisotopic (exact) mass is 171 g/mol. The molecule has 1 aromatic rings. The average molecular weight is 171 g/mol. The Hall–Kier alpha value is -0.970. The maximum Gasteiger partial charge on any atom is 0.262 e. The van der Waals surface area contributed by atoms with Crippen LogP contribution in [0, 0.1) is 0 Å². The molecule has 5 heteroatoms. The highest BCUT2D eigenvalue weighted by Crippen LogP contribution is 2.18. The number of amides is 1. The molecule has 60 valence electrons. The number of hydrogen-bond acceptors (Lipinski definition) is 4. The van der Waals surface area contributed by atoms with Crippen molar-refractivity contribution >= 4 is 17.4 Å². The Morgan fingerprint density at radius 1 is 1.64 bits per heavy atom. The Morgan fingerprint density at radius 2 is 2.27 bits per heavy atom. The highest BCUT2D eigenvalue weighted by molar-refractivity contribution is 7.07. The summed E-state index contributed by atoms with van der Waals surface area (Å²) in [5, 5.41) is 3.80. The van der Waals surface area contributed by atoms with Gasteiger partial charge in [-0.2, -0.15) is 0 Å². The lowest BCUT2D eigenvalue weighted by Crippen LogP contribution is -2.12. The molecular weight excluding hydrogens is 162 g/mol. The molecule has 1 amide bonds. The fourth-order valence-electron chi connectivity index (χ4n) is 0.746. The minimum atomic E-state index is -0.441. The molecule has 0 unspecified atom stereocenters. The first kappa shape index (κ1) is 8.13. The van der Waals surface area contributed by atoms with Gasteiger partial charge in [0.05, 0.1) is 5.69 Å². The highest BCUT2D eigenvalue weighted by atomic mass is 32.1. The normalized spacial score (nSPS) is 10.5. The van der Waals surface area contributed by atoms with E-state index in [2.05, 4.69) is 9.59 Å². The van der Waals surface area contributed by atoms with Crippen LogP contribution >= 0.6 is 11.5 Å². The quantitative estimate of drug-likeness (QED) is 0.714. The molecule has 0 aromatic carbocycles. The van der Waals surface area contributed by atoms with Crippen LogP contribution in [0.4, 0.5) is 0 Å². The average Bonchev–Trinajstić information content (AvgIpc) is 2.32. The minimum Gasteiger partial charge on any atom is -0.365 e. The first-order valence-corrected chi connectivity index (χ1v) is 4.02. The van der Waals surface area contributed by atoms with E-state index < -0.39 is 5.91 Å². The molecule has 11 heavy (non-hydrogen) atoms. The van der Waals surface area contributed by atoms with Crippen molar-refractivity contribution < 1.29 is 4.79 Å². The first-order valence-electron chi connectivity index (χ1n) is 3.25. The van der Waals surface area contributed by atoms with Gasteiger partial charge in [-0.3, -0.25) is 4.79 Å². The molecule has 0 aliphatic carbocycles. The van der Waals surface area contributed by atoms with Gasteiger partial charge in [0.25, 0.3) is 5.91 Å². The maximum absolute atomic E-state index is 10.7. The van der Waals surface area contributed by atoms with Crippen molar-refractivity contribution in [2.45, 2.75) is 19.8 Å². The summed E-state index contributed by atoms with van der Waals surface area (Å²) in [6, 6.07) is 0. The van der Waals surface area contributed by atoms with Gasteiger partial charge in [0, 0.05) is 0 Å². The summed E-state index contributed by atoms with van der Waals surface area (Å²) in [6.45, 7) is 3.90. The second-order valence-corrected chi connectivity index (χ2v) is 3.26. The SMILES string of the molecule is CC(C)c1nnsc1C(N)=O. The van der Waals surface area contributed by atoms with Crippen molar-refractivity contribution in [3.05, 3.63) is 10.6 Å². The summed E-state index contributed by atoms with van der Waals surface area (Å²) < 4.78 is 3.66. The number of carbonyl (C=O) groups excluding carboxylic acids is 1. The van der Waals surface area contributed by atoms with Crippen LogP contribution in [0.3, 0.4) is 0 Å². The van der Waals surface area contributed by atoms with E-state index in [-0.39, 0.29) is 5.92 Å². The number of hydrogen-bond donors (Lipinski definition) is 1. The highest BCUT2D eigenvalue weighted by Gasteiger charge is 2.15. The number of rotatable bonds is 2. The van der Waals surface area contributed by atoms with E-state index in [1.54, 1.807) is 0 Å². The van der Waals surface area contributed by atoms with E-state index in [1.165, 1.54) is 0 Å². The third kappa shape index (κ3) is 1.54. The van der Waals surface area contributed by atoms with Gasteiger partial charge in [-0.1, -0.05) is 18.3 Å². The molecule has 2 N–H and O–H groups in total. The Balaban J connectivity index is 3.06. The van der Waals surface area contributed by atoms with Gasteiger partial charge in [-0.05, 0) is 17.5 Å². The fourth-order valence-corrected chi connectivity index (χ4v) is 1.42. The molecule has 0 aliphatic heterocycles. The molecule has 0 radical (unpaired) electrons. The molecular formula is C6H9N3OS. The summed E-state index contributed by atoms with van der Waals surface area (Å²) in [5.74, 6) is -0.236. The Bertz CT molecular complexity index is 269. The van der Waals surface area contributed by atoms with Gasteiger partial charge in [0.2, 0.25) is 0 Å². The van der Waals surface area contributed by atoms with Crippen molar-refractivity contribution in [3.63, 3.8) is 0 Å².